The van der Waals surface area contributed by atoms with Crippen molar-refractivity contribution in [3.8, 4) is 11.5 Å². The van der Waals surface area contributed by atoms with Gasteiger partial charge in [0.2, 0.25) is 11.3 Å². The number of nitrogens with zero attached hydrogens (tertiary/aromatic N) is 6. The molecule has 6 rings (SSSR count). The number of aryl methyl sites for hydroxylation is 3. The van der Waals surface area contributed by atoms with Crippen molar-refractivity contribution in [2.24, 2.45) is 4.99 Å². The summed E-state index contributed by atoms with van der Waals surface area (Å²) in [5.74, 6) is 0.0289. The first kappa shape index (κ1) is 31.7. The lowest BCUT2D eigenvalue weighted by atomic mass is 10.2. The molecule has 242 valence electrons. The minimum absolute atomic E-state index is 0.0251. The van der Waals surface area contributed by atoms with Gasteiger partial charge in [0.1, 0.15) is 22.6 Å². The average Bonchev–Trinajstić information content (AvgIpc) is 3.54. The van der Waals surface area contributed by atoms with E-state index in [1.54, 1.807) is 24.3 Å². The van der Waals surface area contributed by atoms with Gasteiger partial charge in [0.15, 0.2) is 17.1 Å². The minimum atomic E-state index is -4.79. The third kappa shape index (κ3) is 6.78. The number of nitrogens with one attached hydrogen (secondary N) is 2. The molecule has 1 amide bonds. The number of sulfonamides is 1. The van der Waals surface area contributed by atoms with Gasteiger partial charge < -0.3 is 14.2 Å². The fourth-order valence-electron chi connectivity index (χ4n) is 4.86. The number of ether oxygens (including phenoxy) is 3. The lowest BCUT2D eigenvalue weighted by molar-refractivity contribution is -0.135. The van der Waals surface area contributed by atoms with Crippen LogP contribution in [0, 0.1) is 20.8 Å². The van der Waals surface area contributed by atoms with Gasteiger partial charge in [-0.05, 0) is 45.0 Å². The highest BCUT2D eigenvalue weighted by Gasteiger charge is 2.46. The fraction of sp³-hybridized carbons (Fsp3) is 0.345. The molecule has 2 aliphatic rings. The molecule has 0 saturated carbocycles. The van der Waals surface area contributed by atoms with Crippen LogP contribution in [0.2, 0.25) is 0 Å². The summed E-state index contributed by atoms with van der Waals surface area (Å²) in [4.78, 5) is 39.4. The van der Waals surface area contributed by atoms with Crippen molar-refractivity contribution >= 4 is 45.7 Å². The molecule has 0 spiro atoms. The molecule has 2 N–H and O–H groups in total. The summed E-state index contributed by atoms with van der Waals surface area (Å²) in [5, 5.41) is 6.82. The molecule has 0 radical (unpaired) electrons. The standard InChI is InChI=1S/C29H32N8O7S2/c1-18-4-8-21(9-5-18)43-17-30-25-24(27(39)36-20(3)32-33-28(36)31-25)46(40,41)34-37-26(38)23(16-35-12-14-42-15-13-35)45-29(37)44-22-10-6-19(2)7-11-22/h4-11,17,23,29,34H,12-16H2,1-3H3,(H,31,33)/b30-17+. The van der Waals surface area contributed by atoms with Crippen LogP contribution in [0.4, 0.5) is 5.82 Å². The first-order chi connectivity index (χ1) is 22.1. The molecular formula is C29H32N8O7S2. The van der Waals surface area contributed by atoms with Crippen LogP contribution in [-0.2, 0) is 19.6 Å². The number of aromatic nitrogens is 4. The van der Waals surface area contributed by atoms with Crippen LogP contribution in [0.25, 0.3) is 5.78 Å². The van der Waals surface area contributed by atoms with Crippen LogP contribution in [-0.4, -0.2) is 93.9 Å². The molecule has 4 heterocycles. The van der Waals surface area contributed by atoms with Gasteiger partial charge in [-0.15, -0.1) is 4.83 Å². The van der Waals surface area contributed by atoms with E-state index in [0.29, 0.717) is 44.3 Å². The Balaban J connectivity index is 1.34. The van der Waals surface area contributed by atoms with E-state index < -0.39 is 43.0 Å². The van der Waals surface area contributed by atoms with Crippen molar-refractivity contribution < 1.29 is 27.4 Å². The molecule has 2 aromatic carbocycles. The summed E-state index contributed by atoms with van der Waals surface area (Å²) in [7, 11) is -4.79. The summed E-state index contributed by atoms with van der Waals surface area (Å²) in [6.07, 6.45) is 0.990. The van der Waals surface area contributed by atoms with Gasteiger partial charge in [-0.2, -0.15) is 15.1 Å². The average molecular weight is 669 g/mol. The van der Waals surface area contributed by atoms with E-state index in [2.05, 4.69) is 29.9 Å². The Kier molecular flexibility index (Phi) is 9.10. The lowest BCUT2D eigenvalue weighted by Crippen LogP contribution is -2.51. The molecule has 0 bridgehead atoms. The number of amides is 1. The second-order valence-electron chi connectivity index (χ2n) is 10.7. The maximum atomic E-state index is 14.1. The number of thioether (sulfide) groups is 1. The van der Waals surface area contributed by atoms with Crippen molar-refractivity contribution in [1.29, 1.82) is 0 Å². The second kappa shape index (κ2) is 13.2. The number of fused-ring (bicyclic) bond motifs is 1. The van der Waals surface area contributed by atoms with E-state index in [1.807, 2.05) is 38.1 Å². The third-order valence-electron chi connectivity index (χ3n) is 7.33. The zero-order chi connectivity index (χ0) is 32.4. The number of H-pyrrole nitrogens is 1. The summed E-state index contributed by atoms with van der Waals surface area (Å²) in [6.45, 7) is 8.07. The first-order valence-corrected chi connectivity index (χ1v) is 16.8. The normalized spacial score (nSPS) is 19.4. The third-order valence-corrected chi connectivity index (χ3v) is 9.88. The van der Waals surface area contributed by atoms with Crippen molar-refractivity contribution in [2.75, 3.05) is 32.8 Å². The number of carbonyl (C=O) groups excluding carboxylic acids is 1. The molecule has 2 fully saturated rings. The number of aliphatic imine (C=N–C) groups is 1. The molecule has 2 saturated heterocycles. The highest BCUT2D eigenvalue weighted by Crippen LogP contribution is 2.34. The number of rotatable bonds is 10. The molecular weight excluding hydrogens is 637 g/mol. The van der Waals surface area contributed by atoms with Crippen molar-refractivity contribution in [2.45, 2.75) is 36.5 Å². The fourth-order valence-corrected chi connectivity index (χ4v) is 7.38. The smallest absolute Gasteiger partial charge is 0.283 e. The van der Waals surface area contributed by atoms with Crippen LogP contribution in [0.1, 0.15) is 17.0 Å². The highest BCUT2D eigenvalue weighted by atomic mass is 32.2. The summed E-state index contributed by atoms with van der Waals surface area (Å²) in [6, 6.07) is 14.2. The Bertz CT molecular complexity index is 1920. The Labute approximate surface area is 268 Å². The van der Waals surface area contributed by atoms with E-state index in [1.165, 1.54) is 6.92 Å². The quantitative estimate of drug-likeness (QED) is 0.187. The highest BCUT2D eigenvalue weighted by molar-refractivity contribution is 8.01. The Hall–Kier alpha value is -4.29. The zero-order valence-electron chi connectivity index (χ0n) is 25.2. The van der Waals surface area contributed by atoms with Gasteiger partial charge in [0.05, 0.1) is 13.2 Å². The van der Waals surface area contributed by atoms with Crippen LogP contribution < -0.4 is 19.9 Å². The molecule has 15 nitrogen and oxygen atoms in total. The first-order valence-electron chi connectivity index (χ1n) is 14.4. The van der Waals surface area contributed by atoms with E-state index in [0.717, 1.165) is 38.7 Å². The topological polar surface area (TPSA) is 173 Å². The number of hydrazine groups is 1. The van der Waals surface area contributed by atoms with Crippen LogP contribution in [0.3, 0.4) is 0 Å². The predicted octanol–water partition coefficient (Wildman–Crippen LogP) is 1.91. The van der Waals surface area contributed by atoms with Crippen molar-refractivity contribution in [1.82, 2.24) is 34.3 Å². The number of hydrogen-bond donors (Lipinski definition) is 2. The number of hydrogen-bond acceptors (Lipinski definition) is 12. The largest absolute Gasteiger partial charge is 0.460 e. The van der Waals surface area contributed by atoms with Crippen molar-refractivity contribution in [3.05, 3.63) is 75.8 Å². The van der Waals surface area contributed by atoms with Gasteiger partial charge in [0.25, 0.3) is 21.5 Å². The van der Waals surface area contributed by atoms with Crippen LogP contribution in [0.15, 0.2) is 63.2 Å². The maximum absolute atomic E-state index is 14.1. The number of carbonyl (C=O) groups is 1. The molecule has 4 aromatic rings. The van der Waals surface area contributed by atoms with E-state index in [9.17, 15) is 18.0 Å². The minimum Gasteiger partial charge on any atom is -0.460 e. The Morgan fingerprint density at radius 1 is 1.04 bits per heavy atom. The SMILES string of the molecule is Cc1ccc(O/C=N/c2nc3[nH]nc(C)n3c(=O)c2S(=O)(=O)NN2C(=O)C(CN3CCOCC3)SC2Oc2ccc(C)cc2)cc1. The zero-order valence-corrected chi connectivity index (χ0v) is 26.9. The van der Waals surface area contributed by atoms with Gasteiger partial charge >= 0.3 is 0 Å². The van der Waals surface area contributed by atoms with Crippen LogP contribution in [0.5, 0.6) is 11.5 Å². The second-order valence-corrected chi connectivity index (χ2v) is 13.6. The number of benzene rings is 2. The molecule has 2 aliphatic heterocycles. The van der Waals surface area contributed by atoms with Crippen LogP contribution >= 0.6 is 11.8 Å². The molecule has 17 heteroatoms. The molecule has 2 aromatic heterocycles. The Morgan fingerprint density at radius 2 is 1.70 bits per heavy atom. The van der Waals surface area contributed by atoms with E-state index in [-0.39, 0.29) is 11.6 Å². The molecule has 0 aliphatic carbocycles. The molecule has 2 atom stereocenters. The summed E-state index contributed by atoms with van der Waals surface area (Å²) in [5.41, 5.74) is -0.0260. The molecule has 2 unspecified atom stereocenters. The van der Waals surface area contributed by atoms with E-state index in [4.69, 9.17) is 14.2 Å². The summed E-state index contributed by atoms with van der Waals surface area (Å²) >= 11 is 1.16. The lowest BCUT2D eigenvalue weighted by Gasteiger charge is -2.27. The van der Waals surface area contributed by atoms with Gasteiger partial charge in [0, 0.05) is 19.6 Å². The van der Waals surface area contributed by atoms with E-state index >= 15 is 0 Å². The van der Waals surface area contributed by atoms with Gasteiger partial charge in [-0.3, -0.25) is 14.5 Å². The molecule has 46 heavy (non-hydrogen) atoms. The number of aromatic amines is 1. The predicted molar refractivity (Wildman–Crippen MR) is 170 cm³/mol. The maximum Gasteiger partial charge on any atom is 0.283 e. The Morgan fingerprint density at radius 3 is 2.37 bits per heavy atom. The van der Waals surface area contributed by atoms with Gasteiger partial charge in [-0.1, -0.05) is 47.2 Å². The number of morpholine rings is 1. The van der Waals surface area contributed by atoms with Crippen molar-refractivity contribution in [3.63, 3.8) is 0 Å². The monoisotopic (exact) mass is 668 g/mol. The van der Waals surface area contributed by atoms with Gasteiger partial charge in [-0.25, -0.2) is 22.9 Å². The summed E-state index contributed by atoms with van der Waals surface area (Å²) < 4.78 is 46.2.